The zero-order valence-corrected chi connectivity index (χ0v) is 14.5. The van der Waals surface area contributed by atoms with E-state index < -0.39 is 6.10 Å². The number of hydrogen-bond acceptors (Lipinski definition) is 3. The number of hydrogen-bond donors (Lipinski definition) is 0. The Morgan fingerprint density at radius 2 is 1.83 bits per heavy atom. The average molecular weight is 315 g/mol. The van der Waals surface area contributed by atoms with Crippen LogP contribution in [0, 0.1) is 17.8 Å². The molecule has 0 bridgehead atoms. The Balaban J connectivity index is 2.94. The van der Waals surface area contributed by atoms with E-state index in [0.29, 0.717) is 6.42 Å². The molecule has 1 aromatic carbocycles. The van der Waals surface area contributed by atoms with Crippen molar-refractivity contribution in [1.29, 1.82) is 0 Å². The quantitative estimate of drug-likeness (QED) is 0.598. The lowest BCUT2D eigenvalue weighted by Gasteiger charge is -2.33. The van der Waals surface area contributed by atoms with Crippen LogP contribution in [0.25, 0.3) is 0 Å². The summed E-state index contributed by atoms with van der Waals surface area (Å²) in [7, 11) is 1.74. The van der Waals surface area contributed by atoms with Crippen LogP contribution < -0.4 is 0 Å². The van der Waals surface area contributed by atoms with Crippen molar-refractivity contribution in [3.05, 3.63) is 35.9 Å². The van der Waals surface area contributed by atoms with Gasteiger partial charge in [-0.1, -0.05) is 37.3 Å². The van der Waals surface area contributed by atoms with Gasteiger partial charge in [0.2, 0.25) is 5.91 Å². The van der Waals surface area contributed by atoms with Crippen LogP contribution in [0.5, 0.6) is 0 Å². The van der Waals surface area contributed by atoms with E-state index in [2.05, 4.69) is 11.8 Å². The molecule has 124 valence electrons. The lowest BCUT2D eigenvalue weighted by Crippen LogP contribution is -2.42. The molecule has 3 atom stereocenters. The van der Waals surface area contributed by atoms with Gasteiger partial charge in [0.15, 0.2) is 0 Å². The fourth-order valence-corrected chi connectivity index (χ4v) is 2.36. The van der Waals surface area contributed by atoms with Gasteiger partial charge >= 0.3 is 5.97 Å². The Hall–Kier alpha value is -2.28. The lowest BCUT2D eigenvalue weighted by atomic mass is 10.00. The van der Waals surface area contributed by atoms with E-state index in [1.807, 2.05) is 44.2 Å². The van der Waals surface area contributed by atoms with Gasteiger partial charge in [0.05, 0.1) is 6.04 Å². The average Bonchev–Trinajstić information content (AvgIpc) is 2.56. The lowest BCUT2D eigenvalue weighted by molar-refractivity contribution is -0.154. The fourth-order valence-electron chi connectivity index (χ4n) is 2.36. The summed E-state index contributed by atoms with van der Waals surface area (Å²) >= 11 is 0. The second kappa shape index (κ2) is 8.99. The van der Waals surface area contributed by atoms with Crippen LogP contribution in [0.3, 0.4) is 0 Å². The molecule has 0 radical (unpaired) electrons. The third-order valence-corrected chi connectivity index (χ3v) is 3.82. The summed E-state index contributed by atoms with van der Waals surface area (Å²) in [5.41, 5.74) is 0.871. The fraction of sp³-hybridized carbons (Fsp3) is 0.474. The van der Waals surface area contributed by atoms with Crippen molar-refractivity contribution < 1.29 is 14.3 Å². The predicted octanol–water partition coefficient (Wildman–Crippen LogP) is 3.19. The van der Waals surface area contributed by atoms with E-state index in [1.165, 1.54) is 6.92 Å². The predicted molar refractivity (Wildman–Crippen MR) is 90.4 cm³/mol. The number of likely N-dealkylation sites (N-methyl/N-ethyl adjacent to an activating group) is 1. The Morgan fingerprint density at radius 1 is 1.22 bits per heavy atom. The standard InChI is InChI=1S/C19H25NO3/c1-6-7-11-14(2)19(22)20(5)15(3)18(23-16(4)21)17-12-9-8-10-13-17/h8-10,12-15,18H,11H2,1-5H3/t14?,15-,18?/m1/s1. The number of carbonyl (C=O) groups is 2. The highest BCUT2D eigenvalue weighted by Crippen LogP contribution is 2.25. The molecule has 0 spiro atoms. The normalized spacial score (nSPS) is 14.0. The van der Waals surface area contributed by atoms with Crippen LogP contribution in [0.2, 0.25) is 0 Å². The maximum absolute atomic E-state index is 12.5. The van der Waals surface area contributed by atoms with Crippen molar-refractivity contribution in [2.75, 3.05) is 7.05 Å². The first-order valence-corrected chi connectivity index (χ1v) is 7.76. The van der Waals surface area contributed by atoms with Crippen molar-refractivity contribution in [3.8, 4) is 11.8 Å². The SMILES string of the molecule is CC#CCC(C)C(=O)N(C)[C@H](C)C(OC(C)=O)c1ccccc1. The van der Waals surface area contributed by atoms with Crippen LogP contribution in [-0.2, 0) is 14.3 Å². The minimum absolute atomic E-state index is 0.00617. The molecule has 0 heterocycles. The van der Waals surface area contributed by atoms with E-state index in [0.717, 1.165) is 5.56 Å². The highest BCUT2D eigenvalue weighted by molar-refractivity contribution is 5.79. The van der Waals surface area contributed by atoms with Crippen molar-refractivity contribution in [2.45, 2.75) is 46.3 Å². The molecular weight excluding hydrogens is 290 g/mol. The minimum atomic E-state index is -0.493. The highest BCUT2D eigenvalue weighted by atomic mass is 16.5. The van der Waals surface area contributed by atoms with Crippen molar-refractivity contribution in [3.63, 3.8) is 0 Å². The van der Waals surface area contributed by atoms with Crippen LogP contribution in [-0.4, -0.2) is 29.9 Å². The molecule has 0 aromatic heterocycles. The van der Waals surface area contributed by atoms with Crippen molar-refractivity contribution >= 4 is 11.9 Å². The van der Waals surface area contributed by atoms with Crippen molar-refractivity contribution in [2.24, 2.45) is 5.92 Å². The van der Waals surface area contributed by atoms with Gasteiger partial charge in [-0.2, -0.15) is 0 Å². The zero-order chi connectivity index (χ0) is 17.4. The van der Waals surface area contributed by atoms with Gasteiger partial charge in [0, 0.05) is 26.3 Å². The number of amides is 1. The van der Waals surface area contributed by atoms with Crippen LogP contribution >= 0.6 is 0 Å². The molecule has 0 fully saturated rings. The first-order valence-electron chi connectivity index (χ1n) is 7.76. The second-order valence-corrected chi connectivity index (χ2v) is 5.66. The van der Waals surface area contributed by atoms with E-state index in [4.69, 9.17) is 4.74 Å². The summed E-state index contributed by atoms with van der Waals surface area (Å²) in [5.74, 6) is 5.18. The van der Waals surface area contributed by atoms with Gasteiger partial charge in [0.1, 0.15) is 6.10 Å². The maximum Gasteiger partial charge on any atom is 0.303 e. The molecule has 0 aliphatic carbocycles. The van der Waals surface area contributed by atoms with Gasteiger partial charge in [-0.05, 0) is 19.4 Å². The highest BCUT2D eigenvalue weighted by Gasteiger charge is 2.30. The minimum Gasteiger partial charge on any atom is -0.455 e. The van der Waals surface area contributed by atoms with E-state index in [1.54, 1.807) is 18.9 Å². The molecule has 1 amide bonds. The first kappa shape index (κ1) is 18.8. The molecule has 4 heteroatoms. The molecule has 4 nitrogen and oxygen atoms in total. The monoisotopic (exact) mass is 315 g/mol. The molecule has 2 unspecified atom stereocenters. The number of carbonyl (C=O) groups excluding carboxylic acids is 2. The van der Waals surface area contributed by atoms with E-state index in [9.17, 15) is 9.59 Å². The molecule has 0 saturated carbocycles. The Bertz CT molecular complexity index is 586. The summed E-state index contributed by atoms with van der Waals surface area (Å²) in [6.45, 7) is 6.88. The molecule has 0 aliphatic heterocycles. The summed E-state index contributed by atoms with van der Waals surface area (Å²) < 4.78 is 5.47. The van der Waals surface area contributed by atoms with Crippen LogP contribution in [0.1, 0.15) is 45.8 Å². The maximum atomic E-state index is 12.5. The number of ether oxygens (including phenoxy) is 1. The topological polar surface area (TPSA) is 46.6 Å². The van der Waals surface area contributed by atoms with Crippen molar-refractivity contribution in [1.82, 2.24) is 4.90 Å². The molecular formula is C19H25NO3. The van der Waals surface area contributed by atoms with Crippen LogP contribution in [0.15, 0.2) is 30.3 Å². The molecule has 1 aromatic rings. The van der Waals surface area contributed by atoms with Gasteiger partial charge in [0.25, 0.3) is 0 Å². The number of esters is 1. The van der Waals surface area contributed by atoms with Gasteiger partial charge in [-0.25, -0.2) is 0 Å². The molecule has 0 N–H and O–H groups in total. The Kier molecular flexibility index (Phi) is 7.34. The van der Waals surface area contributed by atoms with E-state index in [-0.39, 0.29) is 23.8 Å². The summed E-state index contributed by atoms with van der Waals surface area (Å²) in [4.78, 5) is 25.6. The van der Waals surface area contributed by atoms with E-state index >= 15 is 0 Å². The zero-order valence-electron chi connectivity index (χ0n) is 14.5. The van der Waals surface area contributed by atoms with Gasteiger partial charge < -0.3 is 9.64 Å². The number of rotatable bonds is 6. The Morgan fingerprint density at radius 3 is 2.35 bits per heavy atom. The summed E-state index contributed by atoms with van der Waals surface area (Å²) in [6, 6.07) is 9.20. The summed E-state index contributed by atoms with van der Waals surface area (Å²) in [5, 5.41) is 0. The van der Waals surface area contributed by atoms with Gasteiger partial charge in [-0.15, -0.1) is 11.8 Å². The smallest absolute Gasteiger partial charge is 0.303 e. The largest absolute Gasteiger partial charge is 0.455 e. The Labute approximate surface area is 138 Å². The number of benzene rings is 1. The third-order valence-electron chi connectivity index (χ3n) is 3.82. The second-order valence-electron chi connectivity index (χ2n) is 5.66. The molecule has 0 aliphatic rings. The summed E-state index contributed by atoms with van der Waals surface area (Å²) in [6.07, 6.45) is 0.0304. The van der Waals surface area contributed by atoms with Crippen LogP contribution in [0.4, 0.5) is 0 Å². The number of nitrogens with zero attached hydrogens (tertiary/aromatic N) is 1. The molecule has 23 heavy (non-hydrogen) atoms. The first-order chi connectivity index (χ1) is 10.9. The molecule has 0 saturated heterocycles. The van der Waals surface area contributed by atoms with Gasteiger partial charge in [-0.3, -0.25) is 9.59 Å². The molecule has 1 rings (SSSR count). The third kappa shape index (κ3) is 5.45.